The summed E-state index contributed by atoms with van der Waals surface area (Å²) in [4.78, 5) is 15.4. The normalized spacial score (nSPS) is 12.8. The Kier molecular flexibility index (Phi) is 5.75. The highest BCUT2D eigenvalue weighted by atomic mass is 19.4. The van der Waals surface area contributed by atoms with E-state index in [2.05, 4.69) is 15.0 Å². The van der Waals surface area contributed by atoms with Crippen molar-refractivity contribution in [2.45, 2.75) is 25.6 Å². The molecule has 20 heavy (non-hydrogen) atoms. The molecule has 1 atom stereocenters. The second-order valence-corrected chi connectivity index (χ2v) is 4.15. The minimum absolute atomic E-state index is 0.0812. The molecule has 1 amide bonds. The van der Waals surface area contributed by atoms with Crippen molar-refractivity contribution in [3.05, 3.63) is 23.9 Å². The van der Waals surface area contributed by atoms with Crippen LogP contribution in [-0.4, -0.2) is 41.4 Å². The summed E-state index contributed by atoms with van der Waals surface area (Å²) in [7, 11) is 0. The molecule has 0 aliphatic rings. The second-order valence-electron chi connectivity index (χ2n) is 4.15. The SMILES string of the molecule is CC(O)CCNC(=O)c1cccnc1OCC(F)(F)F. The minimum Gasteiger partial charge on any atom is -0.467 e. The molecule has 0 bridgehead atoms. The summed E-state index contributed by atoms with van der Waals surface area (Å²) >= 11 is 0. The summed E-state index contributed by atoms with van der Waals surface area (Å²) in [5.74, 6) is -0.977. The van der Waals surface area contributed by atoms with E-state index in [1.165, 1.54) is 18.3 Å². The maximum atomic E-state index is 12.1. The van der Waals surface area contributed by atoms with Gasteiger partial charge in [-0.05, 0) is 25.5 Å². The summed E-state index contributed by atoms with van der Waals surface area (Å²) in [5.41, 5.74) is -0.0812. The number of nitrogens with one attached hydrogen (secondary N) is 1. The number of aliphatic hydroxyl groups excluding tert-OH is 1. The van der Waals surface area contributed by atoms with Crippen LogP contribution in [0.15, 0.2) is 18.3 Å². The first-order valence-corrected chi connectivity index (χ1v) is 5.90. The van der Waals surface area contributed by atoms with Crippen molar-refractivity contribution in [2.24, 2.45) is 0 Å². The molecule has 1 aromatic rings. The number of rotatable bonds is 6. The Bertz CT molecular complexity index is 450. The molecule has 0 aliphatic carbocycles. The fraction of sp³-hybridized carbons (Fsp3) is 0.500. The number of halogens is 3. The Hall–Kier alpha value is -1.83. The van der Waals surface area contributed by atoms with Gasteiger partial charge in [-0.15, -0.1) is 0 Å². The van der Waals surface area contributed by atoms with Gasteiger partial charge in [0, 0.05) is 12.7 Å². The van der Waals surface area contributed by atoms with Gasteiger partial charge in [0.1, 0.15) is 5.56 Å². The van der Waals surface area contributed by atoms with E-state index in [4.69, 9.17) is 5.11 Å². The van der Waals surface area contributed by atoms with E-state index in [-0.39, 0.29) is 18.0 Å². The Morgan fingerprint density at radius 1 is 1.55 bits per heavy atom. The predicted molar refractivity (Wildman–Crippen MR) is 64.4 cm³/mol. The highest BCUT2D eigenvalue weighted by molar-refractivity contribution is 5.96. The number of carbonyl (C=O) groups is 1. The van der Waals surface area contributed by atoms with Crippen molar-refractivity contribution in [2.75, 3.05) is 13.2 Å². The van der Waals surface area contributed by atoms with Gasteiger partial charge in [0.25, 0.3) is 5.91 Å². The summed E-state index contributed by atoms with van der Waals surface area (Å²) in [6.07, 6.45) is -3.51. The predicted octanol–water partition coefficient (Wildman–Crippen LogP) is 1.52. The van der Waals surface area contributed by atoms with E-state index in [1.807, 2.05) is 0 Å². The van der Waals surface area contributed by atoms with Crippen molar-refractivity contribution in [1.29, 1.82) is 0 Å². The molecule has 1 rings (SSSR count). The van der Waals surface area contributed by atoms with Crippen LogP contribution in [0.25, 0.3) is 0 Å². The lowest BCUT2D eigenvalue weighted by Gasteiger charge is -2.12. The molecular weight excluding hydrogens is 277 g/mol. The third-order valence-corrected chi connectivity index (χ3v) is 2.24. The number of amides is 1. The lowest BCUT2D eigenvalue weighted by Crippen LogP contribution is -2.28. The summed E-state index contributed by atoms with van der Waals surface area (Å²) in [6, 6.07) is 2.74. The number of pyridine rings is 1. The zero-order valence-corrected chi connectivity index (χ0v) is 10.8. The molecule has 2 N–H and O–H groups in total. The van der Waals surface area contributed by atoms with Crippen LogP contribution in [0.4, 0.5) is 13.2 Å². The number of ether oxygens (including phenoxy) is 1. The van der Waals surface area contributed by atoms with E-state index in [0.717, 1.165) is 0 Å². The molecule has 8 heteroatoms. The van der Waals surface area contributed by atoms with E-state index in [0.29, 0.717) is 6.42 Å². The third kappa shape index (κ3) is 5.87. The Morgan fingerprint density at radius 2 is 2.25 bits per heavy atom. The molecule has 0 fully saturated rings. The molecule has 0 saturated carbocycles. The molecule has 0 spiro atoms. The van der Waals surface area contributed by atoms with Gasteiger partial charge in [-0.3, -0.25) is 4.79 Å². The molecule has 0 saturated heterocycles. The first-order valence-electron chi connectivity index (χ1n) is 5.90. The Balaban J connectivity index is 2.67. The first kappa shape index (κ1) is 16.2. The molecule has 1 aromatic heterocycles. The first-order chi connectivity index (χ1) is 9.29. The number of aromatic nitrogens is 1. The van der Waals surface area contributed by atoms with Crippen LogP contribution in [0.1, 0.15) is 23.7 Å². The van der Waals surface area contributed by atoms with E-state index < -0.39 is 24.8 Å². The van der Waals surface area contributed by atoms with E-state index in [9.17, 15) is 18.0 Å². The van der Waals surface area contributed by atoms with Crippen molar-refractivity contribution in [3.8, 4) is 5.88 Å². The summed E-state index contributed by atoms with van der Waals surface area (Å²) in [5, 5.41) is 11.5. The van der Waals surface area contributed by atoms with Gasteiger partial charge in [-0.1, -0.05) is 0 Å². The lowest BCUT2D eigenvalue weighted by atomic mass is 10.2. The highest BCUT2D eigenvalue weighted by Crippen LogP contribution is 2.19. The molecule has 0 aliphatic heterocycles. The molecule has 1 heterocycles. The van der Waals surface area contributed by atoms with Crippen molar-refractivity contribution < 1.29 is 27.8 Å². The molecule has 5 nitrogen and oxygen atoms in total. The average Bonchev–Trinajstić information content (AvgIpc) is 2.35. The smallest absolute Gasteiger partial charge is 0.422 e. The van der Waals surface area contributed by atoms with Crippen molar-refractivity contribution in [1.82, 2.24) is 10.3 Å². The van der Waals surface area contributed by atoms with Gasteiger partial charge in [0.2, 0.25) is 5.88 Å². The monoisotopic (exact) mass is 292 g/mol. The minimum atomic E-state index is -4.50. The standard InChI is InChI=1S/C12H15F3N2O3/c1-8(18)4-6-16-10(19)9-3-2-5-17-11(9)20-7-12(13,14)15/h2-3,5,8,18H,4,6-7H2,1H3,(H,16,19). The van der Waals surface area contributed by atoms with Crippen LogP contribution in [-0.2, 0) is 0 Å². The van der Waals surface area contributed by atoms with Crippen LogP contribution in [0.5, 0.6) is 5.88 Å². The van der Waals surface area contributed by atoms with Crippen molar-refractivity contribution >= 4 is 5.91 Å². The summed E-state index contributed by atoms with van der Waals surface area (Å²) in [6.45, 7) is 0.246. The quantitative estimate of drug-likeness (QED) is 0.834. The van der Waals surface area contributed by atoms with Gasteiger partial charge >= 0.3 is 6.18 Å². The van der Waals surface area contributed by atoms with Crippen LogP contribution in [0.3, 0.4) is 0 Å². The van der Waals surface area contributed by atoms with Crippen LogP contribution >= 0.6 is 0 Å². The molecule has 112 valence electrons. The van der Waals surface area contributed by atoms with Gasteiger partial charge in [-0.2, -0.15) is 13.2 Å². The van der Waals surface area contributed by atoms with Crippen LogP contribution in [0.2, 0.25) is 0 Å². The maximum Gasteiger partial charge on any atom is 0.422 e. The van der Waals surface area contributed by atoms with Gasteiger partial charge in [0.05, 0.1) is 6.10 Å². The largest absolute Gasteiger partial charge is 0.467 e. The number of carbonyl (C=O) groups excluding carboxylic acids is 1. The molecule has 0 radical (unpaired) electrons. The zero-order valence-electron chi connectivity index (χ0n) is 10.8. The van der Waals surface area contributed by atoms with Gasteiger partial charge in [0.15, 0.2) is 6.61 Å². The number of hydrogen-bond acceptors (Lipinski definition) is 4. The maximum absolute atomic E-state index is 12.1. The second kappa shape index (κ2) is 7.09. The number of aliphatic hydroxyl groups is 1. The Morgan fingerprint density at radius 3 is 2.85 bits per heavy atom. The van der Waals surface area contributed by atoms with E-state index >= 15 is 0 Å². The number of nitrogens with zero attached hydrogens (tertiary/aromatic N) is 1. The number of alkyl halides is 3. The average molecular weight is 292 g/mol. The number of hydrogen-bond donors (Lipinski definition) is 2. The fourth-order valence-electron chi connectivity index (χ4n) is 1.32. The molecular formula is C12H15F3N2O3. The molecule has 1 unspecified atom stereocenters. The lowest BCUT2D eigenvalue weighted by molar-refractivity contribution is -0.154. The van der Waals surface area contributed by atoms with Gasteiger partial charge < -0.3 is 15.2 Å². The Labute approximate surface area is 113 Å². The van der Waals surface area contributed by atoms with Crippen molar-refractivity contribution in [3.63, 3.8) is 0 Å². The molecule has 0 aromatic carbocycles. The van der Waals surface area contributed by atoms with E-state index in [1.54, 1.807) is 6.92 Å². The fourth-order valence-corrected chi connectivity index (χ4v) is 1.32. The third-order valence-electron chi connectivity index (χ3n) is 2.24. The van der Waals surface area contributed by atoms with Crippen LogP contribution in [0, 0.1) is 0 Å². The van der Waals surface area contributed by atoms with Crippen LogP contribution < -0.4 is 10.1 Å². The zero-order chi connectivity index (χ0) is 15.2. The highest BCUT2D eigenvalue weighted by Gasteiger charge is 2.29. The topological polar surface area (TPSA) is 71.5 Å². The van der Waals surface area contributed by atoms with Gasteiger partial charge in [-0.25, -0.2) is 4.98 Å². The summed E-state index contributed by atoms with van der Waals surface area (Å²) < 4.78 is 40.8.